The van der Waals surface area contributed by atoms with E-state index in [0.717, 1.165) is 38.0 Å². The van der Waals surface area contributed by atoms with E-state index in [9.17, 15) is 17.9 Å². The zero-order valence-electron chi connectivity index (χ0n) is 13.8. The first kappa shape index (κ1) is 18.4. The van der Waals surface area contributed by atoms with Gasteiger partial charge in [0, 0.05) is 12.8 Å². The molecule has 1 aliphatic rings. The molecular weight excluding hydrogens is 317 g/mol. The van der Waals surface area contributed by atoms with Gasteiger partial charge >= 0.3 is 0 Å². The molecule has 1 N–H and O–H groups in total. The average Bonchev–Trinajstić information content (AvgIpc) is 2.46. The summed E-state index contributed by atoms with van der Waals surface area (Å²) in [5.41, 5.74) is 0.760. The first-order valence-electron chi connectivity index (χ1n) is 8.08. The van der Waals surface area contributed by atoms with Crippen molar-refractivity contribution in [2.75, 3.05) is 31.6 Å². The Bertz CT molecular complexity index is 595. The maximum atomic E-state index is 13.0. The number of nitrogens with zero attached hydrogens (tertiary/aromatic N) is 1. The Kier molecular flexibility index (Phi) is 6.17. The van der Waals surface area contributed by atoms with Crippen molar-refractivity contribution in [3.05, 3.63) is 35.6 Å². The minimum atomic E-state index is -2.94. The number of hydrogen-bond donors (Lipinski definition) is 1. The lowest BCUT2D eigenvalue weighted by Gasteiger charge is -2.35. The predicted octanol–water partition coefficient (Wildman–Crippen LogP) is 2.25. The van der Waals surface area contributed by atoms with E-state index >= 15 is 0 Å². The summed E-state index contributed by atoms with van der Waals surface area (Å²) in [5, 5.41) is 10.4. The molecule has 0 aromatic heterocycles. The number of likely N-dealkylation sites (tertiary alicyclic amines) is 1. The molecular formula is C17H26FNO3S. The molecule has 4 nitrogen and oxygen atoms in total. The molecule has 0 amide bonds. The highest BCUT2D eigenvalue weighted by Crippen LogP contribution is 2.31. The van der Waals surface area contributed by atoms with Crippen molar-refractivity contribution >= 4 is 9.84 Å². The van der Waals surface area contributed by atoms with Crippen molar-refractivity contribution < 1.29 is 17.9 Å². The molecule has 1 aliphatic heterocycles. The van der Waals surface area contributed by atoms with E-state index in [1.807, 2.05) is 6.92 Å². The van der Waals surface area contributed by atoms with E-state index in [1.54, 1.807) is 12.1 Å². The van der Waals surface area contributed by atoms with Gasteiger partial charge in [-0.1, -0.05) is 19.1 Å². The highest BCUT2D eigenvalue weighted by atomic mass is 32.2. The number of aliphatic hydroxyl groups excluding tert-OH is 1. The summed E-state index contributed by atoms with van der Waals surface area (Å²) >= 11 is 0. The SMILES string of the molecule is CC(CN1CCC(C(O)c2ccc(F)cc2)CC1)CS(C)(=O)=O. The topological polar surface area (TPSA) is 57.6 Å². The Morgan fingerprint density at radius 2 is 1.83 bits per heavy atom. The smallest absolute Gasteiger partial charge is 0.147 e. The summed E-state index contributed by atoms with van der Waals surface area (Å²) in [6.45, 7) is 4.45. The van der Waals surface area contributed by atoms with Crippen molar-refractivity contribution in [3.63, 3.8) is 0 Å². The minimum absolute atomic E-state index is 0.114. The highest BCUT2D eigenvalue weighted by Gasteiger charge is 2.27. The molecule has 0 saturated carbocycles. The van der Waals surface area contributed by atoms with E-state index in [0.29, 0.717) is 0 Å². The third-order valence-electron chi connectivity index (χ3n) is 4.45. The van der Waals surface area contributed by atoms with Crippen LogP contribution in [0, 0.1) is 17.7 Å². The molecule has 0 radical (unpaired) electrons. The molecule has 130 valence electrons. The van der Waals surface area contributed by atoms with E-state index in [4.69, 9.17) is 0 Å². The van der Waals surface area contributed by atoms with Crippen LogP contribution in [0.4, 0.5) is 4.39 Å². The van der Waals surface area contributed by atoms with Crippen molar-refractivity contribution in [1.29, 1.82) is 0 Å². The Morgan fingerprint density at radius 1 is 1.26 bits per heavy atom. The maximum Gasteiger partial charge on any atom is 0.147 e. The summed E-state index contributed by atoms with van der Waals surface area (Å²) in [6.07, 6.45) is 2.44. The van der Waals surface area contributed by atoms with Gasteiger partial charge in [0.05, 0.1) is 11.9 Å². The van der Waals surface area contributed by atoms with E-state index < -0.39 is 15.9 Å². The number of hydrogen-bond acceptors (Lipinski definition) is 4. The Balaban J connectivity index is 1.82. The fourth-order valence-corrected chi connectivity index (χ4v) is 4.53. The van der Waals surface area contributed by atoms with Crippen LogP contribution in [0.15, 0.2) is 24.3 Å². The molecule has 0 aliphatic carbocycles. The summed E-state index contributed by atoms with van der Waals surface area (Å²) in [5.74, 6) is 0.201. The van der Waals surface area contributed by atoms with Gasteiger partial charge in [-0.2, -0.15) is 0 Å². The monoisotopic (exact) mass is 343 g/mol. The zero-order valence-corrected chi connectivity index (χ0v) is 14.6. The summed E-state index contributed by atoms with van der Waals surface area (Å²) in [6, 6.07) is 6.03. The second kappa shape index (κ2) is 7.73. The first-order chi connectivity index (χ1) is 10.7. The van der Waals surface area contributed by atoms with Crippen LogP contribution in [0.1, 0.15) is 31.4 Å². The van der Waals surface area contributed by atoms with Gasteiger partial charge in [0.2, 0.25) is 0 Å². The number of benzene rings is 1. The van der Waals surface area contributed by atoms with Crippen LogP contribution >= 0.6 is 0 Å². The third-order valence-corrected chi connectivity index (χ3v) is 5.62. The van der Waals surface area contributed by atoms with Gasteiger partial charge in [-0.3, -0.25) is 0 Å². The molecule has 0 spiro atoms. The first-order valence-corrected chi connectivity index (χ1v) is 10.1. The molecule has 6 heteroatoms. The van der Waals surface area contributed by atoms with Gasteiger partial charge in [-0.25, -0.2) is 12.8 Å². The van der Waals surface area contributed by atoms with E-state index in [1.165, 1.54) is 18.4 Å². The fraction of sp³-hybridized carbons (Fsp3) is 0.647. The molecule has 1 aromatic rings. The second-order valence-electron chi connectivity index (χ2n) is 6.83. The van der Waals surface area contributed by atoms with Gasteiger partial charge in [-0.05, 0) is 55.5 Å². The quantitative estimate of drug-likeness (QED) is 0.861. The van der Waals surface area contributed by atoms with Gasteiger partial charge < -0.3 is 10.0 Å². The maximum absolute atomic E-state index is 13.0. The lowest BCUT2D eigenvalue weighted by atomic mass is 9.87. The molecule has 1 fully saturated rings. The lowest BCUT2D eigenvalue weighted by molar-refractivity contribution is 0.0558. The number of halogens is 1. The van der Waals surface area contributed by atoms with E-state index in [2.05, 4.69) is 4.90 Å². The Morgan fingerprint density at radius 3 is 2.35 bits per heavy atom. The molecule has 0 bridgehead atoms. The molecule has 1 aromatic carbocycles. The molecule has 23 heavy (non-hydrogen) atoms. The van der Waals surface area contributed by atoms with E-state index in [-0.39, 0.29) is 23.4 Å². The van der Waals surface area contributed by atoms with Crippen molar-refractivity contribution in [2.24, 2.45) is 11.8 Å². The summed E-state index contributed by atoms with van der Waals surface area (Å²) in [4.78, 5) is 2.27. The molecule has 2 atom stereocenters. The van der Waals surface area contributed by atoms with Gasteiger partial charge in [0.15, 0.2) is 0 Å². The minimum Gasteiger partial charge on any atom is -0.388 e. The molecule has 2 unspecified atom stereocenters. The van der Waals surface area contributed by atoms with Crippen LogP contribution in [-0.2, 0) is 9.84 Å². The number of sulfone groups is 1. The van der Waals surface area contributed by atoms with Crippen molar-refractivity contribution in [1.82, 2.24) is 4.90 Å². The fourth-order valence-electron chi connectivity index (χ4n) is 3.39. The molecule has 2 rings (SSSR count). The summed E-state index contributed by atoms with van der Waals surface area (Å²) in [7, 11) is -2.94. The van der Waals surface area contributed by atoms with Crippen molar-refractivity contribution in [3.8, 4) is 0 Å². The highest BCUT2D eigenvalue weighted by molar-refractivity contribution is 7.90. The number of piperidine rings is 1. The van der Waals surface area contributed by atoms with Gasteiger partial charge in [0.25, 0.3) is 0 Å². The second-order valence-corrected chi connectivity index (χ2v) is 9.02. The molecule has 1 heterocycles. The normalized spacial score (nSPS) is 20.3. The molecule has 1 saturated heterocycles. The number of aliphatic hydroxyl groups is 1. The van der Waals surface area contributed by atoms with Crippen LogP contribution in [-0.4, -0.2) is 50.1 Å². The number of rotatable bonds is 6. The van der Waals surface area contributed by atoms with Crippen LogP contribution in [0.5, 0.6) is 0 Å². The summed E-state index contributed by atoms with van der Waals surface area (Å²) < 4.78 is 35.6. The zero-order chi connectivity index (χ0) is 17.0. The van der Waals surface area contributed by atoms with Gasteiger partial charge in [0.1, 0.15) is 15.7 Å². The standard InChI is InChI=1S/C17H26FNO3S/c1-13(12-23(2,21)22)11-19-9-7-15(8-10-19)17(20)14-3-5-16(18)6-4-14/h3-6,13,15,17,20H,7-12H2,1-2H3. The van der Waals surface area contributed by atoms with Crippen LogP contribution in [0.3, 0.4) is 0 Å². The van der Waals surface area contributed by atoms with Crippen LogP contribution in [0.2, 0.25) is 0 Å². The third kappa shape index (κ3) is 5.86. The van der Waals surface area contributed by atoms with Crippen LogP contribution in [0.25, 0.3) is 0 Å². The van der Waals surface area contributed by atoms with Crippen LogP contribution < -0.4 is 0 Å². The largest absolute Gasteiger partial charge is 0.388 e. The Labute approximate surface area is 138 Å². The predicted molar refractivity (Wildman–Crippen MR) is 89.4 cm³/mol. The van der Waals surface area contributed by atoms with Crippen molar-refractivity contribution in [2.45, 2.75) is 25.9 Å². The average molecular weight is 343 g/mol. The Hall–Kier alpha value is -0.980. The lowest BCUT2D eigenvalue weighted by Crippen LogP contribution is -2.39. The van der Waals surface area contributed by atoms with Gasteiger partial charge in [-0.15, -0.1) is 0 Å².